The van der Waals surface area contributed by atoms with Crippen LogP contribution in [0, 0.1) is 0 Å². The molecule has 1 heterocycles. The van der Waals surface area contributed by atoms with Gasteiger partial charge in [0.25, 0.3) is 11.8 Å². The lowest BCUT2D eigenvalue weighted by molar-refractivity contribution is -0.135. The Bertz CT molecular complexity index is 892. The summed E-state index contributed by atoms with van der Waals surface area (Å²) in [5.41, 5.74) is 0. The second kappa shape index (κ2) is 19.1. The normalized spacial score (nSPS) is 14.6. The molecule has 0 aromatic carbocycles. The number of carbonyl (C=O) groups is 8. The summed E-state index contributed by atoms with van der Waals surface area (Å²) < 4.78 is 0. The highest BCUT2D eigenvalue weighted by molar-refractivity contribution is 6.16. The topological polar surface area (TPSA) is 188 Å². The third-order valence-corrected chi connectivity index (χ3v) is 4.46. The number of ketones is 2. The predicted octanol–water partition coefficient (Wildman–Crippen LogP) is -1.08. The lowest BCUT2D eigenvalue weighted by Gasteiger charge is -2.26. The zero-order chi connectivity index (χ0) is 29.1. The van der Waals surface area contributed by atoms with Gasteiger partial charge >= 0.3 is 0 Å². The molecule has 6 amide bonds. The van der Waals surface area contributed by atoms with Gasteiger partial charge in [0.1, 0.15) is 6.04 Å². The van der Waals surface area contributed by atoms with Gasteiger partial charge in [-0.3, -0.25) is 43.3 Å². The molecule has 1 aliphatic heterocycles. The smallest absolute Gasteiger partial charge is 0.253 e. The van der Waals surface area contributed by atoms with Crippen LogP contribution < -0.4 is 21.3 Å². The van der Waals surface area contributed by atoms with Crippen LogP contribution in [0.25, 0.3) is 0 Å². The summed E-state index contributed by atoms with van der Waals surface area (Å²) in [4.78, 5) is 85.7. The van der Waals surface area contributed by atoms with Crippen LogP contribution in [0.2, 0.25) is 0 Å². The molecule has 2 aliphatic rings. The van der Waals surface area contributed by atoms with E-state index in [-0.39, 0.29) is 59.5 Å². The van der Waals surface area contributed by atoms with Crippen molar-refractivity contribution in [3.63, 3.8) is 0 Å². The molecule has 2 rings (SSSR count). The number of imide groups is 1. The van der Waals surface area contributed by atoms with Gasteiger partial charge in [0.15, 0.2) is 11.6 Å². The summed E-state index contributed by atoms with van der Waals surface area (Å²) in [5.74, 6) is -1.47. The van der Waals surface area contributed by atoms with Crippen molar-refractivity contribution in [2.45, 2.75) is 59.0 Å². The van der Waals surface area contributed by atoms with Crippen LogP contribution in [0.3, 0.4) is 0 Å². The molecule has 0 aromatic heterocycles. The van der Waals surface area contributed by atoms with E-state index in [1.54, 1.807) is 7.05 Å². The summed E-state index contributed by atoms with van der Waals surface area (Å²) in [6, 6.07) is -1.12. The number of nitrogens with zero attached hydrogens (tertiary/aromatic N) is 1. The molecule has 0 fully saturated rings. The molecule has 2 unspecified atom stereocenters. The van der Waals surface area contributed by atoms with Crippen LogP contribution in [0.1, 0.15) is 47.0 Å². The first-order valence-corrected chi connectivity index (χ1v) is 11.4. The minimum absolute atomic E-state index is 0.00463. The van der Waals surface area contributed by atoms with Gasteiger partial charge in [-0.05, 0) is 18.6 Å². The number of carbonyl (C=O) groups excluding carboxylic acids is 8. The van der Waals surface area contributed by atoms with E-state index in [1.807, 2.05) is 6.92 Å². The Morgan fingerprint density at radius 3 is 1.43 bits per heavy atom. The quantitative estimate of drug-likeness (QED) is 0.250. The summed E-state index contributed by atoms with van der Waals surface area (Å²) in [5, 5.41) is 10.1. The molecule has 13 heteroatoms. The largest absolute Gasteiger partial charge is 0.359 e. The molecule has 0 bridgehead atoms. The molecule has 206 valence electrons. The Morgan fingerprint density at radius 1 is 0.784 bits per heavy atom. The third-order valence-electron chi connectivity index (χ3n) is 4.46. The fraction of sp³-hybridized carbons (Fsp3) is 0.500. The molecule has 0 saturated heterocycles. The zero-order valence-corrected chi connectivity index (χ0v) is 22.3. The maximum atomic E-state index is 11.7. The highest BCUT2D eigenvalue weighted by atomic mass is 16.2. The highest BCUT2D eigenvalue weighted by Gasteiger charge is 2.28. The fourth-order valence-electron chi connectivity index (χ4n) is 2.57. The van der Waals surface area contributed by atoms with Crippen LogP contribution in [0.4, 0.5) is 0 Å². The van der Waals surface area contributed by atoms with Crippen molar-refractivity contribution in [3.8, 4) is 0 Å². The van der Waals surface area contributed by atoms with E-state index in [0.717, 1.165) is 11.3 Å². The second-order valence-electron chi connectivity index (χ2n) is 7.71. The Balaban J connectivity index is 0. The summed E-state index contributed by atoms with van der Waals surface area (Å²) in [6.45, 7) is 6.15. The molecule has 2 atom stereocenters. The van der Waals surface area contributed by atoms with E-state index >= 15 is 0 Å². The van der Waals surface area contributed by atoms with E-state index in [0.29, 0.717) is 6.42 Å². The van der Waals surface area contributed by atoms with Gasteiger partial charge in [0.2, 0.25) is 23.6 Å². The summed E-state index contributed by atoms with van der Waals surface area (Å²) in [7, 11) is 4.54. The molecule has 0 saturated carbocycles. The lowest BCUT2D eigenvalue weighted by Crippen LogP contribution is -2.57. The first-order valence-electron chi connectivity index (χ1n) is 11.4. The lowest BCUT2D eigenvalue weighted by atomic mass is 10.0. The van der Waals surface area contributed by atoms with Gasteiger partial charge < -0.3 is 21.3 Å². The van der Waals surface area contributed by atoms with Crippen LogP contribution in [0.15, 0.2) is 24.3 Å². The third kappa shape index (κ3) is 17.0. The molecular formula is C24H37N5O8. The van der Waals surface area contributed by atoms with Crippen LogP contribution in [-0.4, -0.2) is 85.1 Å². The average Bonchev–Trinajstić information content (AvgIpc) is 3.35. The van der Waals surface area contributed by atoms with Crippen LogP contribution >= 0.6 is 0 Å². The Labute approximate surface area is 216 Å². The van der Waals surface area contributed by atoms with Gasteiger partial charge in [0, 0.05) is 54.1 Å². The molecular weight excluding hydrogens is 486 g/mol. The van der Waals surface area contributed by atoms with E-state index in [2.05, 4.69) is 21.3 Å². The first-order chi connectivity index (χ1) is 17.2. The SMILES string of the molecule is CCCC(NC(C)=O)C(NC(C)=O)C(=O)NC.CN1C(=O)C=CC1=O.CNC(C)=O.O=C1C=CC(=O)C1. The molecule has 4 N–H and O–H groups in total. The molecule has 37 heavy (non-hydrogen) atoms. The van der Waals surface area contributed by atoms with Crippen LogP contribution in [0.5, 0.6) is 0 Å². The van der Waals surface area contributed by atoms with E-state index in [9.17, 15) is 38.4 Å². The average molecular weight is 524 g/mol. The number of hydrogen-bond donors (Lipinski definition) is 4. The second-order valence-corrected chi connectivity index (χ2v) is 7.71. The maximum absolute atomic E-state index is 11.7. The monoisotopic (exact) mass is 523 g/mol. The Morgan fingerprint density at radius 2 is 1.22 bits per heavy atom. The first kappa shape index (κ1) is 35.0. The highest BCUT2D eigenvalue weighted by Crippen LogP contribution is 2.04. The fourth-order valence-corrected chi connectivity index (χ4v) is 2.57. The maximum Gasteiger partial charge on any atom is 0.253 e. The number of allylic oxidation sites excluding steroid dienone is 2. The van der Waals surface area contributed by atoms with E-state index in [4.69, 9.17) is 0 Å². The minimum atomic E-state index is -0.735. The van der Waals surface area contributed by atoms with Gasteiger partial charge in [-0.25, -0.2) is 0 Å². The van der Waals surface area contributed by atoms with Crippen molar-refractivity contribution in [3.05, 3.63) is 24.3 Å². The van der Waals surface area contributed by atoms with Gasteiger partial charge in [-0.15, -0.1) is 0 Å². The number of rotatable bonds is 6. The van der Waals surface area contributed by atoms with Crippen molar-refractivity contribution in [1.29, 1.82) is 0 Å². The van der Waals surface area contributed by atoms with Crippen molar-refractivity contribution in [2.75, 3.05) is 21.1 Å². The van der Waals surface area contributed by atoms with E-state index < -0.39 is 6.04 Å². The standard InChI is InChI=1S/C11H21N3O3.C5H5NO2.C5H4O2.C3H7NO/c1-5-6-9(13-7(2)15)10(11(17)12-4)14-8(3)16;1-6-4(7)2-3-5(6)8;6-4-1-2-5(7)3-4;1-3(5)4-2/h9-10H,5-6H2,1-4H3,(H,12,17)(H,13,15)(H,14,16);2-3H,1H3;1-2H,3H2;1-2H3,(H,4,5). The van der Waals surface area contributed by atoms with Gasteiger partial charge in [-0.1, -0.05) is 13.3 Å². The molecule has 0 radical (unpaired) electrons. The number of amides is 6. The van der Waals surface area contributed by atoms with Crippen molar-refractivity contribution in [2.24, 2.45) is 0 Å². The molecule has 0 aromatic rings. The van der Waals surface area contributed by atoms with Gasteiger partial charge in [-0.2, -0.15) is 0 Å². The molecule has 1 aliphatic carbocycles. The number of hydrogen-bond acceptors (Lipinski definition) is 8. The Hall–Kier alpha value is -4.16. The molecule has 0 spiro atoms. The Kier molecular flexibility index (Phi) is 18.1. The van der Waals surface area contributed by atoms with Crippen molar-refractivity contribution >= 4 is 47.0 Å². The number of nitrogens with one attached hydrogen (secondary N) is 4. The molecule has 13 nitrogen and oxygen atoms in total. The van der Waals surface area contributed by atoms with E-state index in [1.165, 1.54) is 59.2 Å². The van der Waals surface area contributed by atoms with Crippen molar-refractivity contribution < 1.29 is 38.4 Å². The van der Waals surface area contributed by atoms with Gasteiger partial charge in [0.05, 0.1) is 12.5 Å². The zero-order valence-electron chi connectivity index (χ0n) is 22.3. The summed E-state index contributed by atoms with van der Waals surface area (Å²) >= 11 is 0. The van der Waals surface area contributed by atoms with Crippen molar-refractivity contribution in [1.82, 2.24) is 26.2 Å². The van der Waals surface area contributed by atoms with Crippen LogP contribution in [-0.2, 0) is 38.4 Å². The predicted molar refractivity (Wildman–Crippen MR) is 135 cm³/mol. The minimum Gasteiger partial charge on any atom is -0.359 e. The summed E-state index contributed by atoms with van der Waals surface area (Å²) in [6.07, 6.45) is 6.63. The number of likely N-dealkylation sites (N-methyl/N-ethyl adjacent to an activating group) is 2.